The maximum absolute atomic E-state index is 12.9. The van der Waals surface area contributed by atoms with Crippen LogP contribution in [0.4, 0.5) is 5.69 Å². The van der Waals surface area contributed by atoms with Gasteiger partial charge in [0, 0.05) is 43.6 Å². The molecule has 1 fully saturated rings. The van der Waals surface area contributed by atoms with Gasteiger partial charge in [0.15, 0.2) is 0 Å². The van der Waals surface area contributed by atoms with Crippen molar-refractivity contribution in [1.82, 2.24) is 24.6 Å². The zero-order valence-electron chi connectivity index (χ0n) is 17.9. The van der Waals surface area contributed by atoms with Gasteiger partial charge in [-0.1, -0.05) is 41.6 Å². The van der Waals surface area contributed by atoms with Gasteiger partial charge in [-0.25, -0.2) is 4.98 Å². The van der Waals surface area contributed by atoms with Crippen LogP contribution in [0, 0.1) is 6.92 Å². The largest absolute Gasteiger partial charge is 0.368 e. The molecule has 1 aliphatic heterocycles. The minimum Gasteiger partial charge on any atom is -0.368 e. The van der Waals surface area contributed by atoms with Crippen LogP contribution in [0.2, 0.25) is 0 Å². The quantitative estimate of drug-likeness (QED) is 0.485. The Hall–Kier alpha value is -3.94. The SMILES string of the molecule is Cc1nc(-c2noc(-c3ccccc3)n2)cn1CC(=O)N1CCN(c2ccccc2)CC1. The Bertz CT molecular complexity index is 1190. The second-order valence-electron chi connectivity index (χ2n) is 7.79. The number of piperazine rings is 1. The highest BCUT2D eigenvalue weighted by molar-refractivity contribution is 5.76. The first-order valence-corrected chi connectivity index (χ1v) is 10.7. The standard InChI is InChI=1S/C24H24N6O2/c1-18-25-21(23-26-24(32-27-23)19-8-4-2-5-9-19)16-30(18)17-22(31)29-14-12-28(13-15-29)20-10-6-3-7-11-20/h2-11,16H,12-15,17H2,1H3. The van der Waals surface area contributed by atoms with E-state index in [0.717, 1.165) is 24.5 Å². The Kier molecular flexibility index (Phi) is 5.41. The Morgan fingerprint density at radius 1 is 0.938 bits per heavy atom. The van der Waals surface area contributed by atoms with Gasteiger partial charge in [-0.15, -0.1) is 0 Å². The molecule has 5 rings (SSSR count). The van der Waals surface area contributed by atoms with E-state index in [1.165, 1.54) is 5.69 Å². The number of nitrogens with zero attached hydrogens (tertiary/aromatic N) is 6. The fourth-order valence-corrected chi connectivity index (χ4v) is 3.90. The van der Waals surface area contributed by atoms with E-state index >= 15 is 0 Å². The molecule has 0 spiro atoms. The number of hydrogen-bond acceptors (Lipinski definition) is 6. The molecule has 0 unspecified atom stereocenters. The van der Waals surface area contributed by atoms with Crippen molar-refractivity contribution in [2.75, 3.05) is 31.1 Å². The third-order valence-corrected chi connectivity index (χ3v) is 5.71. The number of carbonyl (C=O) groups excluding carboxylic acids is 1. The molecule has 3 heterocycles. The third-order valence-electron chi connectivity index (χ3n) is 5.71. The van der Waals surface area contributed by atoms with E-state index in [1.807, 2.05) is 71.1 Å². The highest BCUT2D eigenvalue weighted by atomic mass is 16.5. The number of para-hydroxylation sites is 1. The number of aromatic nitrogens is 4. The van der Waals surface area contributed by atoms with Gasteiger partial charge in [-0.3, -0.25) is 4.79 Å². The molecule has 2 aromatic carbocycles. The number of amides is 1. The van der Waals surface area contributed by atoms with Gasteiger partial charge in [0.25, 0.3) is 5.89 Å². The summed E-state index contributed by atoms with van der Waals surface area (Å²) < 4.78 is 7.23. The van der Waals surface area contributed by atoms with E-state index in [-0.39, 0.29) is 12.5 Å². The van der Waals surface area contributed by atoms with Crippen molar-refractivity contribution in [1.29, 1.82) is 0 Å². The van der Waals surface area contributed by atoms with Crippen LogP contribution in [0.25, 0.3) is 23.0 Å². The molecule has 0 radical (unpaired) electrons. The van der Waals surface area contributed by atoms with Crippen molar-refractivity contribution >= 4 is 11.6 Å². The lowest BCUT2D eigenvalue weighted by atomic mass is 10.2. The molecule has 0 N–H and O–H groups in total. The van der Waals surface area contributed by atoms with Crippen molar-refractivity contribution in [3.05, 3.63) is 72.7 Å². The number of rotatable bonds is 5. The molecule has 1 saturated heterocycles. The number of benzene rings is 2. The fourth-order valence-electron chi connectivity index (χ4n) is 3.90. The molecule has 0 atom stereocenters. The fraction of sp³-hybridized carbons (Fsp3) is 0.250. The second kappa shape index (κ2) is 8.66. The molecule has 1 amide bonds. The van der Waals surface area contributed by atoms with Crippen LogP contribution in [0.5, 0.6) is 0 Å². The average molecular weight is 428 g/mol. The number of imidazole rings is 1. The molecule has 8 nitrogen and oxygen atoms in total. The minimum absolute atomic E-state index is 0.0860. The molecular weight excluding hydrogens is 404 g/mol. The van der Waals surface area contributed by atoms with Gasteiger partial charge in [-0.2, -0.15) is 4.98 Å². The first-order valence-electron chi connectivity index (χ1n) is 10.7. The molecule has 2 aromatic heterocycles. The zero-order chi connectivity index (χ0) is 21.9. The maximum Gasteiger partial charge on any atom is 0.258 e. The molecule has 162 valence electrons. The lowest BCUT2D eigenvalue weighted by molar-refractivity contribution is -0.132. The van der Waals surface area contributed by atoms with Crippen LogP contribution in [0.1, 0.15) is 5.82 Å². The van der Waals surface area contributed by atoms with E-state index < -0.39 is 0 Å². The van der Waals surface area contributed by atoms with Crippen LogP contribution < -0.4 is 4.90 Å². The summed E-state index contributed by atoms with van der Waals surface area (Å²) in [6.07, 6.45) is 1.81. The Labute approximate surface area is 186 Å². The van der Waals surface area contributed by atoms with Gasteiger partial charge < -0.3 is 18.9 Å². The molecular formula is C24H24N6O2. The van der Waals surface area contributed by atoms with Crippen molar-refractivity contribution in [3.63, 3.8) is 0 Å². The van der Waals surface area contributed by atoms with Crippen LogP contribution in [0.15, 0.2) is 71.4 Å². The Morgan fingerprint density at radius 3 is 2.34 bits per heavy atom. The highest BCUT2D eigenvalue weighted by Crippen LogP contribution is 2.22. The predicted octanol–water partition coefficient (Wildman–Crippen LogP) is 3.26. The lowest BCUT2D eigenvalue weighted by Crippen LogP contribution is -2.49. The van der Waals surface area contributed by atoms with Gasteiger partial charge in [0.05, 0.1) is 0 Å². The van der Waals surface area contributed by atoms with Gasteiger partial charge in [-0.05, 0) is 31.2 Å². The first-order chi connectivity index (χ1) is 15.7. The smallest absolute Gasteiger partial charge is 0.258 e. The lowest BCUT2D eigenvalue weighted by Gasteiger charge is -2.36. The van der Waals surface area contributed by atoms with Gasteiger partial charge in [0.2, 0.25) is 11.7 Å². The van der Waals surface area contributed by atoms with E-state index in [1.54, 1.807) is 0 Å². The molecule has 1 aliphatic rings. The van der Waals surface area contributed by atoms with Crippen LogP contribution in [-0.4, -0.2) is 56.7 Å². The highest BCUT2D eigenvalue weighted by Gasteiger charge is 2.22. The summed E-state index contributed by atoms with van der Waals surface area (Å²) in [7, 11) is 0. The molecule has 0 bridgehead atoms. The van der Waals surface area contributed by atoms with Crippen molar-refractivity contribution in [2.24, 2.45) is 0 Å². The predicted molar refractivity (Wildman–Crippen MR) is 121 cm³/mol. The van der Waals surface area contributed by atoms with E-state index in [0.29, 0.717) is 30.5 Å². The summed E-state index contributed by atoms with van der Waals surface area (Å²) in [5, 5.41) is 4.06. The summed E-state index contributed by atoms with van der Waals surface area (Å²) in [5.74, 6) is 1.68. The van der Waals surface area contributed by atoms with E-state index in [4.69, 9.17) is 4.52 Å². The number of hydrogen-bond donors (Lipinski definition) is 0. The summed E-state index contributed by atoms with van der Waals surface area (Å²) in [5.41, 5.74) is 2.65. The first kappa shape index (κ1) is 20.0. The van der Waals surface area contributed by atoms with E-state index in [9.17, 15) is 4.79 Å². The Morgan fingerprint density at radius 2 is 1.62 bits per heavy atom. The van der Waals surface area contributed by atoms with Crippen LogP contribution >= 0.6 is 0 Å². The van der Waals surface area contributed by atoms with Crippen LogP contribution in [-0.2, 0) is 11.3 Å². The van der Waals surface area contributed by atoms with Crippen molar-refractivity contribution in [3.8, 4) is 23.0 Å². The number of anilines is 1. The van der Waals surface area contributed by atoms with Crippen LogP contribution in [0.3, 0.4) is 0 Å². The normalized spacial score (nSPS) is 14.0. The summed E-state index contributed by atoms with van der Waals surface area (Å²) in [6, 6.07) is 19.9. The minimum atomic E-state index is 0.0860. The van der Waals surface area contributed by atoms with E-state index in [2.05, 4.69) is 32.2 Å². The van der Waals surface area contributed by atoms with Crippen molar-refractivity contribution in [2.45, 2.75) is 13.5 Å². The van der Waals surface area contributed by atoms with Gasteiger partial charge in [0.1, 0.15) is 18.1 Å². The van der Waals surface area contributed by atoms with Crippen molar-refractivity contribution < 1.29 is 9.32 Å². The Balaban J connectivity index is 1.23. The third kappa shape index (κ3) is 4.12. The molecule has 4 aromatic rings. The zero-order valence-corrected chi connectivity index (χ0v) is 17.9. The molecule has 0 aliphatic carbocycles. The second-order valence-corrected chi connectivity index (χ2v) is 7.79. The monoisotopic (exact) mass is 428 g/mol. The number of aryl methyl sites for hydroxylation is 1. The molecule has 8 heteroatoms. The summed E-state index contributed by atoms with van der Waals surface area (Å²) in [4.78, 5) is 26.1. The molecule has 32 heavy (non-hydrogen) atoms. The number of carbonyl (C=O) groups is 1. The molecule has 0 saturated carbocycles. The topological polar surface area (TPSA) is 80.3 Å². The summed E-state index contributed by atoms with van der Waals surface area (Å²) >= 11 is 0. The average Bonchev–Trinajstić information content (AvgIpc) is 3.48. The summed E-state index contributed by atoms with van der Waals surface area (Å²) in [6.45, 7) is 5.19. The maximum atomic E-state index is 12.9. The van der Waals surface area contributed by atoms with Gasteiger partial charge >= 0.3 is 0 Å².